The lowest BCUT2D eigenvalue weighted by atomic mass is 10.3. The molecule has 0 saturated heterocycles. The van der Waals surface area contributed by atoms with Gasteiger partial charge in [0.15, 0.2) is 23.3 Å². The van der Waals surface area contributed by atoms with Crippen molar-refractivity contribution in [1.29, 1.82) is 5.41 Å². The van der Waals surface area contributed by atoms with Crippen LogP contribution >= 0.6 is 22.9 Å². The first-order valence-corrected chi connectivity index (χ1v) is 8.55. The van der Waals surface area contributed by atoms with Gasteiger partial charge in [0.1, 0.15) is 5.02 Å². The van der Waals surface area contributed by atoms with E-state index >= 15 is 0 Å². The Morgan fingerprint density at radius 3 is 2.92 bits per heavy atom. The quantitative estimate of drug-likeness (QED) is 0.475. The summed E-state index contributed by atoms with van der Waals surface area (Å²) in [6, 6.07) is 5.49. The SMILES string of the molecule is [NH]C(=N)c1ccc(-c2ncc(Cl)c(Nc3cc(C4CC4)[nH]n3)n2)s1. The predicted octanol–water partition coefficient (Wildman–Crippen LogP) is 3.81. The van der Waals surface area contributed by atoms with Crippen molar-refractivity contribution in [2.75, 3.05) is 5.32 Å². The van der Waals surface area contributed by atoms with Crippen LogP contribution in [0.2, 0.25) is 5.02 Å². The van der Waals surface area contributed by atoms with E-state index in [1.54, 1.807) is 12.1 Å². The van der Waals surface area contributed by atoms with Gasteiger partial charge in [0, 0.05) is 17.7 Å². The zero-order chi connectivity index (χ0) is 16.7. The van der Waals surface area contributed by atoms with Gasteiger partial charge in [-0.05, 0) is 25.0 Å². The molecule has 3 heterocycles. The number of rotatable bonds is 5. The Bertz CT molecular complexity index is 912. The second kappa shape index (κ2) is 5.88. The van der Waals surface area contributed by atoms with Crippen LogP contribution in [-0.4, -0.2) is 26.0 Å². The second-order valence-corrected chi connectivity index (χ2v) is 7.03. The molecule has 3 aromatic rings. The highest BCUT2D eigenvalue weighted by Crippen LogP contribution is 2.40. The molecule has 0 amide bonds. The lowest BCUT2D eigenvalue weighted by molar-refractivity contribution is 0.966. The summed E-state index contributed by atoms with van der Waals surface area (Å²) < 4.78 is 0. The molecule has 1 fully saturated rings. The monoisotopic (exact) mass is 358 g/mol. The molecule has 0 spiro atoms. The highest BCUT2D eigenvalue weighted by molar-refractivity contribution is 7.17. The Morgan fingerprint density at radius 2 is 2.21 bits per heavy atom. The van der Waals surface area contributed by atoms with Crippen LogP contribution in [0.5, 0.6) is 0 Å². The largest absolute Gasteiger partial charge is 0.322 e. The van der Waals surface area contributed by atoms with Gasteiger partial charge in [-0.1, -0.05) is 11.6 Å². The van der Waals surface area contributed by atoms with Gasteiger partial charge in [0.25, 0.3) is 0 Å². The summed E-state index contributed by atoms with van der Waals surface area (Å²) in [7, 11) is 0. The summed E-state index contributed by atoms with van der Waals surface area (Å²) in [4.78, 5) is 10.0. The van der Waals surface area contributed by atoms with Crippen molar-refractivity contribution in [3.8, 4) is 10.7 Å². The van der Waals surface area contributed by atoms with Gasteiger partial charge in [-0.2, -0.15) is 5.10 Å². The van der Waals surface area contributed by atoms with Gasteiger partial charge in [-0.15, -0.1) is 11.3 Å². The molecule has 0 aliphatic heterocycles. The maximum absolute atomic E-state index is 7.37. The fourth-order valence-corrected chi connectivity index (χ4v) is 3.23. The van der Waals surface area contributed by atoms with Gasteiger partial charge in [0.05, 0.1) is 16.0 Å². The van der Waals surface area contributed by atoms with Gasteiger partial charge in [0.2, 0.25) is 0 Å². The molecule has 0 aromatic carbocycles. The maximum Gasteiger partial charge on any atom is 0.171 e. The summed E-state index contributed by atoms with van der Waals surface area (Å²) in [5.74, 6) is 2.02. The molecule has 3 aromatic heterocycles. The number of nitrogens with one attached hydrogen (secondary N) is 4. The van der Waals surface area contributed by atoms with E-state index in [0.29, 0.717) is 33.3 Å². The van der Waals surface area contributed by atoms with Crippen LogP contribution in [0.4, 0.5) is 11.6 Å². The number of halogens is 1. The minimum Gasteiger partial charge on any atom is -0.322 e. The third-order valence-electron chi connectivity index (χ3n) is 3.68. The summed E-state index contributed by atoms with van der Waals surface area (Å²) in [5.41, 5.74) is 8.49. The maximum atomic E-state index is 7.37. The first-order valence-electron chi connectivity index (χ1n) is 7.36. The van der Waals surface area contributed by atoms with Crippen LogP contribution < -0.4 is 11.1 Å². The van der Waals surface area contributed by atoms with Gasteiger partial charge in [-0.25, -0.2) is 9.97 Å². The molecule has 24 heavy (non-hydrogen) atoms. The molecule has 4 N–H and O–H groups in total. The molecule has 7 nitrogen and oxygen atoms in total. The summed E-state index contributed by atoms with van der Waals surface area (Å²) in [5, 5.41) is 18.2. The highest BCUT2D eigenvalue weighted by Gasteiger charge is 2.25. The first kappa shape index (κ1) is 15.1. The number of hydrogen-bond donors (Lipinski definition) is 3. The zero-order valence-corrected chi connectivity index (χ0v) is 14.0. The zero-order valence-electron chi connectivity index (χ0n) is 12.4. The van der Waals surface area contributed by atoms with E-state index in [1.807, 2.05) is 6.07 Å². The number of thiophene rings is 1. The van der Waals surface area contributed by atoms with E-state index in [9.17, 15) is 0 Å². The standard InChI is InChI=1S/C15H13ClN7S/c16-8-6-19-15(11-4-3-10(24-11)13(17)18)21-14(8)20-12-5-9(22-23-12)7-1-2-7/h3-7,17-18H,1-2H2,(H2,19,20,21,22,23). The number of H-pyrrole nitrogens is 1. The highest BCUT2D eigenvalue weighted by atomic mass is 35.5. The van der Waals surface area contributed by atoms with E-state index in [0.717, 1.165) is 10.6 Å². The van der Waals surface area contributed by atoms with Crippen LogP contribution in [0.3, 0.4) is 0 Å². The van der Waals surface area contributed by atoms with Crippen LogP contribution in [0, 0.1) is 5.41 Å². The molecule has 1 aliphatic rings. The number of aromatic amines is 1. The van der Waals surface area contributed by atoms with Crippen LogP contribution in [0.15, 0.2) is 24.4 Å². The summed E-state index contributed by atoms with van der Waals surface area (Å²) >= 11 is 7.49. The van der Waals surface area contributed by atoms with Crippen molar-refractivity contribution in [3.05, 3.63) is 40.0 Å². The molecule has 0 unspecified atom stereocenters. The number of amidine groups is 1. The number of anilines is 2. The van der Waals surface area contributed by atoms with E-state index < -0.39 is 0 Å². The Balaban J connectivity index is 1.61. The van der Waals surface area contributed by atoms with E-state index in [4.69, 9.17) is 22.7 Å². The minimum absolute atomic E-state index is 0.220. The Labute approximate surface area is 146 Å². The third-order valence-corrected chi connectivity index (χ3v) is 5.05. The molecule has 121 valence electrons. The van der Waals surface area contributed by atoms with E-state index in [1.165, 1.54) is 30.4 Å². The van der Waals surface area contributed by atoms with Crippen molar-refractivity contribution < 1.29 is 0 Å². The Hall–Kier alpha value is -2.45. The van der Waals surface area contributed by atoms with Crippen molar-refractivity contribution in [3.63, 3.8) is 0 Å². The number of nitrogens with zero attached hydrogens (tertiary/aromatic N) is 3. The number of hydrogen-bond acceptors (Lipinski definition) is 6. The Kier molecular flexibility index (Phi) is 3.70. The Morgan fingerprint density at radius 1 is 1.38 bits per heavy atom. The molecule has 4 rings (SSSR count). The molecule has 9 heteroatoms. The molecule has 0 bridgehead atoms. The average molecular weight is 359 g/mol. The van der Waals surface area contributed by atoms with E-state index in [-0.39, 0.29) is 5.84 Å². The topological polar surface area (TPSA) is 114 Å². The van der Waals surface area contributed by atoms with Crippen LogP contribution in [-0.2, 0) is 0 Å². The van der Waals surface area contributed by atoms with Crippen LogP contribution in [0.25, 0.3) is 10.7 Å². The normalized spacial score (nSPS) is 13.9. The predicted molar refractivity (Wildman–Crippen MR) is 94.1 cm³/mol. The molecular formula is C15H13ClN7S. The van der Waals surface area contributed by atoms with Gasteiger partial charge >= 0.3 is 0 Å². The lowest BCUT2D eigenvalue weighted by Crippen LogP contribution is -1.98. The minimum atomic E-state index is -0.220. The van der Waals surface area contributed by atoms with Crippen molar-refractivity contribution in [2.45, 2.75) is 18.8 Å². The lowest BCUT2D eigenvalue weighted by Gasteiger charge is -2.05. The number of aromatic nitrogens is 4. The average Bonchev–Trinajstić information content (AvgIpc) is 3.10. The van der Waals surface area contributed by atoms with Crippen molar-refractivity contribution in [1.82, 2.24) is 25.9 Å². The first-order chi connectivity index (χ1) is 11.6. The fraction of sp³-hybridized carbons (Fsp3) is 0.200. The van der Waals surface area contributed by atoms with Crippen molar-refractivity contribution in [2.24, 2.45) is 0 Å². The molecule has 1 radical (unpaired) electrons. The molecule has 1 saturated carbocycles. The van der Waals surface area contributed by atoms with Crippen molar-refractivity contribution >= 4 is 40.4 Å². The summed E-state index contributed by atoms with van der Waals surface area (Å²) in [6.45, 7) is 0. The van der Waals surface area contributed by atoms with E-state index in [2.05, 4.69) is 25.5 Å². The molecule has 1 aliphatic carbocycles. The second-order valence-electron chi connectivity index (χ2n) is 5.54. The summed E-state index contributed by atoms with van der Waals surface area (Å²) in [6.07, 6.45) is 3.93. The van der Waals surface area contributed by atoms with Gasteiger partial charge in [-0.3, -0.25) is 16.2 Å². The third kappa shape index (κ3) is 2.98. The van der Waals surface area contributed by atoms with Crippen LogP contribution in [0.1, 0.15) is 29.3 Å². The molecular weight excluding hydrogens is 346 g/mol. The van der Waals surface area contributed by atoms with Gasteiger partial charge < -0.3 is 5.32 Å². The smallest absolute Gasteiger partial charge is 0.171 e. The fourth-order valence-electron chi connectivity index (χ4n) is 2.29. The molecule has 0 atom stereocenters.